The first-order chi connectivity index (χ1) is 13.5. The number of carbonyl (C=O) groups excluding carboxylic acids is 2. The number of amides is 2. The van der Waals surface area contributed by atoms with Crippen LogP contribution in [0.15, 0.2) is 59.4 Å². The predicted octanol–water partition coefficient (Wildman–Crippen LogP) is 1.60. The van der Waals surface area contributed by atoms with Crippen LogP contribution in [0.3, 0.4) is 0 Å². The molecule has 1 fully saturated rings. The van der Waals surface area contributed by atoms with Gasteiger partial charge in [-0.2, -0.15) is 5.10 Å². The van der Waals surface area contributed by atoms with E-state index < -0.39 is 5.92 Å². The molecule has 7 heteroatoms. The molecular weight excluding hydrogens is 356 g/mol. The van der Waals surface area contributed by atoms with Crippen LogP contribution in [0, 0.1) is 5.92 Å². The van der Waals surface area contributed by atoms with Crippen molar-refractivity contribution >= 4 is 28.3 Å². The summed E-state index contributed by atoms with van der Waals surface area (Å²) in [5, 5.41) is 8.45. The van der Waals surface area contributed by atoms with Crippen molar-refractivity contribution in [1.82, 2.24) is 15.1 Å². The zero-order valence-corrected chi connectivity index (χ0v) is 15.5. The fraction of sp³-hybridized carbons (Fsp3) is 0.238. The number of nitrogens with zero attached hydrogens (tertiary/aromatic N) is 3. The van der Waals surface area contributed by atoms with E-state index in [0.717, 1.165) is 11.1 Å². The highest BCUT2D eigenvalue weighted by Gasteiger charge is 2.35. The molecule has 0 spiro atoms. The third kappa shape index (κ3) is 3.26. The average Bonchev–Trinajstić information content (AvgIpc) is 3.12. The van der Waals surface area contributed by atoms with Crippen molar-refractivity contribution in [3.05, 3.63) is 70.6 Å². The Bertz CT molecular complexity index is 1110. The molecule has 7 nitrogen and oxygen atoms in total. The maximum Gasteiger partial charge on any atom is 0.274 e. The smallest absolute Gasteiger partial charge is 0.274 e. The molecule has 0 bridgehead atoms. The molecule has 2 amide bonds. The Hall–Kier alpha value is -3.48. The summed E-state index contributed by atoms with van der Waals surface area (Å²) in [5.41, 5.74) is 1.24. The van der Waals surface area contributed by atoms with Gasteiger partial charge in [0.1, 0.15) is 0 Å². The van der Waals surface area contributed by atoms with E-state index in [2.05, 4.69) is 10.4 Å². The number of rotatable bonds is 4. The molecule has 1 aliphatic heterocycles. The van der Waals surface area contributed by atoms with E-state index in [4.69, 9.17) is 0 Å². The van der Waals surface area contributed by atoms with Gasteiger partial charge in [-0.15, -0.1) is 0 Å². The number of carbonyl (C=O) groups is 2. The summed E-state index contributed by atoms with van der Waals surface area (Å²) in [7, 11) is 1.59. The van der Waals surface area contributed by atoms with Gasteiger partial charge in [0.25, 0.3) is 5.56 Å². The molecule has 1 N–H and O–H groups in total. The fourth-order valence-corrected chi connectivity index (χ4v) is 3.56. The van der Waals surface area contributed by atoms with Gasteiger partial charge in [-0.3, -0.25) is 14.4 Å². The van der Waals surface area contributed by atoms with Crippen LogP contribution >= 0.6 is 0 Å². The van der Waals surface area contributed by atoms with Crippen molar-refractivity contribution in [3.8, 4) is 0 Å². The first kappa shape index (κ1) is 17.9. The average molecular weight is 376 g/mol. The fourth-order valence-electron chi connectivity index (χ4n) is 3.56. The summed E-state index contributed by atoms with van der Waals surface area (Å²) >= 11 is 0. The minimum atomic E-state index is -0.411. The summed E-state index contributed by atoms with van der Waals surface area (Å²) in [5.74, 6) is -0.657. The molecular formula is C21H20N4O3. The van der Waals surface area contributed by atoms with Gasteiger partial charge < -0.3 is 10.2 Å². The van der Waals surface area contributed by atoms with Crippen molar-refractivity contribution in [1.29, 1.82) is 0 Å². The van der Waals surface area contributed by atoms with Crippen LogP contribution in [-0.2, 0) is 23.2 Å². The van der Waals surface area contributed by atoms with Gasteiger partial charge in [0.2, 0.25) is 11.8 Å². The van der Waals surface area contributed by atoms with E-state index in [1.165, 1.54) is 4.68 Å². The van der Waals surface area contributed by atoms with E-state index in [1.54, 1.807) is 24.1 Å². The van der Waals surface area contributed by atoms with E-state index in [1.807, 2.05) is 42.5 Å². The second kappa shape index (κ2) is 7.26. The number of aromatic nitrogens is 2. The van der Waals surface area contributed by atoms with Gasteiger partial charge in [-0.25, -0.2) is 4.68 Å². The highest BCUT2D eigenvalue weighted by atomic mass is 16.2. The molecule has 1 aromatic heterocycles. The number of benzene rings is 2. The van der Waals surface area contributed by atoms with Gasteiger partial charge in [-0.1, -0.05) is 36.4 Å². The highest BCUT2D eigenvalue weighted by molar-refractivity contribution is 6.00. The Kier molecular flexibility index (Phi) is 4.65. The molecule has 2 heterocycles. The number of hydrogen-bond donors (Lipinski definition) is 1. The van der Waals surface area contributed by atoms with Crippen LogP contribution in [0.4, 0.5) is 5.69 Å². The summed E-state index contributed by atoms with van der Waals surface area (Å²) in [6.07, 6.45) is 0.183. The number of fused-ring (bicyclic) bond motifs is 1. The number of anilines is 1. The Balaban J connectivity index is 1.49. The number of para-hydroxylation sites is 1. The second-order valence-corrected chi connectivity index (χ2v) is 6.88. The van der Waals surface area contributed by atoms with Crippen LogP contribution in [-0.4, -0.2) is 28.1 Å². The minimum absolute atomic E-state index is 0.0583. The number of hydrogen-bond acceptors (Lipinski definition) is 4. The van der Waals surface area contributed by atoms with Gasteiger partial charge >= 0.3 is 0 Å². The SMILES string of the molecule is Cn1nc(CNC(=O)C2CC(=O)N(c3ccccc3)C2)c2ccccc2c1=O. The first-order valence-electron chi connectivity index (χ1n) is 9.12. The van der Waals surface area contributed by atoms with Crippen molar-refractivity contribution in [2.24, 2.45) is 13.0 Å². The Labute approximate surface area is 161 Å². The van der Waals surface area contributed by atoms with Crippen molar-refractivity contribution < 1.29 is 9.59 Å². The van der Waals surface area contributed by atoms with E-state index >= 15 is 0 Å². The zero-order chi connectivity index (χ0) is 19.7. The largest absolute Gasteiger partial charge is 0.350 e. The topological polar surface area (TPSA) is 84.3 Å². The van der Waals surface area contributed by atoms with Gasteiger partial charge in [0, 0.05) is 31.1 Å². The van der Waals surface area contributed by atoms with Crippen molar-refractivity contribution in [2.45, 2.75) is 13.0 Å². The number of aryl methyl sites for hydroxylation is 1. The Morgan fingerprint density at radius 3 is 2.50 bits per heavy atom. The lowest BCUT2D eigenvalue weighted by atomic mass is 10.1. The normalized spacial score (nSPS) is 16.5. The predicted molar refractivity (Wildman–Crippen MR) is 106 cm³/mol. The highest BCUT2D eigenvalue weighted by Crippen LogP contribution is 2.25. The summed E-state index contributed by atoms with van der Waals surface area (Å²) in [4.78, 5) is 38.8. The van der Waals surface area contributed by atoms with Crippen LogP contribution < -0.4 is 15.8 Å². The van der Waals surface area contributed by atoms with E-state index in [9.17, 15) is 14.4 Å². The third-order valence-electron chi connectivity index (χ3n) is 5.03. The van der Waals surface area contributed by atoms with Crippen LogP contribution in [0.2, 0.25) is 0 Å². The molecule has 142 valence electrons. The zero-order valence-electron chi connectivity index (χ0n) is 15.5. The molecule has 2 aromatic carbocycles. The lowest BCUT2D eigenvalue weighted by Gasteiger charge is -2.16. The maximum atomic E-state index is 12.6. The quantitative estimate of drug-likeness (QED) is 0.750. The molecule has 1 atom stereocenters. The molecule has 1 aliphatic rings. The van der Waals surface area contributed by atoms with Gasteiger partial charge in [0.15, 0.2) is 0 Å². The van der Waals surface area contributed by atoms with Crippen LogP contribution in [0.5, 0.6) is 0 Å². The molecule has 4 rings (SSSR count). The Morgan fingerprint density at radius 2 is 1.75 bits per heavy atom. The molecule has 3 aromatic rings. The number of nitrogens with one attached hydrogen (secondary N) is 1. The molecule has 0 radical (unpaired) electrons. The maximum absolute atomic E-state index is 12.6. The molecule has 0 aliphatic carbocycles. The third-order valence-corrected chi connectivity index (χ3v) is 5.03. The van der Waals surface area contributed by atoms with Gasteiger partial charge in [0.05, 0.1) is 23.5 Å². The summed E-state index contributed by atoms with van der Waals surface area (Å²) < 4.78 is 1.28. The first-order valence-corrected chi connectivity index (χ1v) is 9.12. The Morgan fingerprint density at radius 1 is 1.07 bits per heavy atom. The van der Waals surface area contributed by atoms with Gasteiger partial charge in [-0.05, 0) is 18.2 Å². The lowest BCUT2D eigenvalue weighted by molar-refractivity contribution is -0.126. The second-order valence-electron chi connectivity index (χ2n) is 6.88. The minimum Gasteiger partial charge on any atom is -0.350 e. The lowest BCUT2D eigenvalue weighted by Crippen LogP contribution is -2.33. The molecule has 0 saturated carbocycles. The van der Waals surface area contributed by atoms with Crippen molar-refractivity contribution in [2.75, 3.05) is 11.4 Å². The molecule has 28 heavy (non-hydrogen) atoms. The summed E-state index contributed by atoms with van der Waals surface area (Å²) in [6, 6.07) is 16.5. The monoisotopic (exact) mass is 376 g/mol. The van der Waals surface area contributed by atoms with Crippen LogP contribution in [0.1, 0.15) is 12.1 Å². The van der Waals surface area contributed by atoms with E-state index in [-0.39, 0.29) is 30.3 Å². The molecule has 1 saturated heterocycles. The summed E-state index contributed by atoms with van der Waals surface area (Å²) in [6.45, 7) is 0.555. The van der Waals surface area contributed by atoms with Crippen molar-refractivity contribution in [3.63, 3.8) is 0 Å². The standard InChI is InChI=1S/C21H20N4O3/c1-24-21(28)17-10-6-5-9-16(17)18(23-24)12-22-20(27)14-11-19(26)25(13-14)15-7-3-2-4-8-15/h2-10,14H,11-13H2,1H3,(H,22,27). The molecule has 1 unspecified atom stereocenters. The van der Waals surface area contributed by atoms with Crippen LogP contribution in [0.25, 0.3) is 10.8 Å². The van der Waals surface area contributed by atoms with E-state index in [0.29, 0.717) is 17.6 Å².